The third-order valence-electron chi connectivity index (χ3n) is 4.56. The van der Waals surface area contributed by atoms with E-state index < -0.39 is 0 Å². The maximum Gasteiger partial charge on any atom is 0.251 e. The number of hydrogen-bond acceptors (Lipinski definition) is 5. The molecule has 2 atom stereocenters. The fourth-order valence-electron chi connectivity index (χ4n) is 2.95. The van der Waals surface area contributed by atoms with Gasteiger partial charge in [-0.2, -0.15) is 0 Å². The Labute approximate surface area is 147 Å². The van der Waals surface area contributed by atoms with Gasteiger partial charge in [0.15, 0.2) is 0 Å². The summed E-state index contributed by atoms with van der Waals surface area (Å²) in [6.45, 7) is 6.90. The summed E-state index contributed by atoms with van der Waals surface area (Å²) in [6, 6.07) is 7.12. The monoisotopic (exact) mass is 344 g/mol. The zero-order chi connectivity index (χ0) is 17.8. The molecule has 0 unspecified atom stereocenters. The van der Waals surface area contributed by atoms with Crippen LogP contribution in [0.3, 0.4) is 0 Å². The number of hydrogen-bond donors (Lipinski definition) is 1. The largest absolute Gasteiger partial charge is 0.489 e. The summed E-state index contributed by atoms with van der Waals surface area (Å²) >= 11 is 0. The van der Waals surface area contributed by atoms with Gasteiger partial charge in [0.25, 0.3) is 5.91 Å². The molecular weight excluding hydrogens is 320 g/mol. The number of nitrogens with zero attached hydrogens (tertiary/aromatic N) is 1. The minimum atomic E-state index is -0.0970. The number of carbonyl (C=O) groups is 1. The first-order valence-corrected chi connectivity index (χ1v) is 8.61. The van der Waals surface area contributed by atoms with Gasteiger partial charge in [-0.1, -0.05) is 5.16 Å². The van der Waals surface area contributed by atoms with Crippen LogP contribution in [0.15, 0.2) is 28.8 Å². The van der Waals surface area contributed by atoms with Crippen LogP contribution in [0.5, 0.6) is 5.75 Å². The molecule has 1 aliphatic heterocycles. The summed E-state index contributed by atoms with van der Waals surface area (Å²) in [7, 11) is 0. The van der Waals surface area contributed by atoms with Crippen molar-refractivity contribution in [3.05, 3.63) is 46.8 Å². The Morgan fingerprint density at radius 1 is 1.36 bits per heavy atom. The van der Waals surface area contributed by atoms with Crippen molar-refractivity contribution in [2.75, 3.05) is 6.61 Å². The van der Waals surface area contributed by atoms with Gasteiger partial charge in [0, 0.05) is 12.2 Å². The van der Waals surface area contributed by atoms with Gasteiger partial charge >= 0.3 is 0 Å². The number of rotatable bonds is 6. The second kappa shape index (κ2) is 7.70. The van der Waals surface area contributed by atoms with Crippen LogP contribution in [-0.2, 0) is 11.3 Å². The first kappa shape index (κ1) is 17.5. The van der Waals surface area contributed by atoms with Crippen molar-refractivity contribution in [2.24, 2.45) is 0 Å². The molecular formula is C19H24N2O4. The van der Waals surface area contributed by atoms with Crippen molar-refractivity contribution >= 4 is 5.91 Å². The average Bonchev–Trinajstić information content (AvgIpc) is 3.24. The van der Waals surface area contributed by atoms with Gasteiger partial charge in [0.1, 0.15) is 18.1 Å². The topological polar surface area (TPSA) is 73.6 Å². The maximum absolute atomic E-state index is 12.3. The second-order valence-electron chi connectivity index (χ2n) is 6.43. The first-order valence-electron chi connectivity index (χ1n) is 8.61. The van der Waals surface area contributed by atoms with E-state index in [1.807, 2.05) is 20.8 Å². The molecule has 0 radical (unpaired) electrons. The van der Waals surface area contributed by atoms with Gasteiger partial charge in [-0.05, 0) is 57.9 Å². The van der Waals surface area contributed by atoms with E-state index in [2.05, 4.69) is 10.5 Å². The van der Waals surface area contributed by atoms with Crippen molar-refractivity contribution in [2.45, 2.75) is 52.4 Å². The quantitative estimate of drug-likeness (QED) is 0.871. The maximum atomic E-state index is 12.3. The van der Waals surface area contributed by atoms with E-state index in [9.17, 15) is 4.79 Å². The highest BCUT2D eigenvalue weighted by Gasteiger charge is 2.23. The molecule has 1 N–H and O–H groups in total. The lowest BCUT2D eigenvalue weighted by atomic mass is 10.1. The summed E-state index contributed by atoms with van der Waals surface area (Å²) in [6.07, 6.45) is 2.17. The zero-order valence-corrected chi connectivity index (χ0v) is 14.9. The molecule has 2 heterocycles. The van der Waals surface area contributed by atoms with Gasteiger partial charge in [0.2, 0.25) is 0 Å². The fraction of sp³-hybridized carbons (Fsp3) is 0.474. The van der Waals surface area contributed by atoms with Crippen LogP contribution in [0.2, 0.25) is 0 Å². The summed E-state index contributed by atoms with van der Waals surface area (Å²) in [5.74, 6) is 1.36. The fourth-order valence-corrected chi connectivity index (χ4v) is 2.95. The van der Waals surface area contributed by atoms with Crippen LogP contribution in [0.1, 0.15) is 47.1 Å². The number of ether oxygens (including phenoxy) is 2. The Morgan fingerprint density at radius 3 is 2.72 bits per heavy atom. The SMILES string of the molecule is Cc1noc(C)c1COc1ccc(C(=O)N[C@@H](C)[C@@H]2CCCO2)cc1. The Bertz CT molecular complexity index is 698. The second-order valence-corrected chi connectivity index (χ2v) is 6.43. The van der Waals surface area contributed by atoms with Crippen LogP contribution in [-0.4, -0.2) is 29.8 Å². The Hall–Kier alpha value is -2.34. The average molecular weight is 344 g/mol. The van der Waals surface area contributed by atoms with Gasteiger partial charge in [-0.3, -0.25) is 4.79 Å². The lowest BCUT2D eigenvalue weighted by Crippen LogP contribution is -2.40. The molecule has 25 heavy (non-hydrogen) atoms. The summed E-state index contributed by atoms with van der Waals surface area (Å²) in [4.78, 5) is 12.3. The number of nitrogens with one attached hydrogen (secondary N) is 1. The summed E-state index contributed by atoms with van der Waals surface area (Å²) in [5, 5.41) is 6.91. The van der Waals surface area contributed by atoms with E-state index in [0.717, 1.165) is 36.5 Å². The van der Waals surface area contributed by atoms with Crippen molar-refractivity contribution < 1.29 is 18.8 Å². The van der Waals surface area contributed by atoms with Crippen molar-refractivity contribution in [1.29, 1.82) is 0 Å². The van der Waals surface area contributed by atoms with Crippen LogP contribution < -0.4 is 10.1 Å². The molecule has 134 valence electrons. The number of aromatic nitrogens is 1. The molecule has 0 aliphatic carbocycles. The van der Waals surface area contributed by atoms with Gasteiger partial charge < -0.3 is 19.3 Å². The van der Waals surface area contributed by atoms with E-state index in [1.165, 1.54) is 0 Å². The predicted molar refractivity (Wildman–Crippen MR) is 92.7 cm³/mol. The van der Waals surface area contributed by atoms with Crippen LogP contribution >= 0.6 is 0 Å². The highest BCUT2D eigenvalue weighted by Crippen LogP contribution is 2.19. The number of benzene rings is 1. The van der Waals surface area contributed by atoms with E-state index in [1.54, 1.807) is 24.3 Å². The normalized spacial score (nSPS) is 18.1. The first-order chi connectivity index (χ1) is 12.0. The van der Waals surface area contributed by atoms with Gasteiger partial charge in [0.05, 0.1) is 23.4 Å². The molecule has 6 heteroatoms. The highest BCUT2D eigenvalue weighted by atomic mass is 16.5. The molecule has 2 aromatic rings. The molecule has 1 saturated heterocycles. The minimum absolute atomic E-state index is 0.00506. The molecule has 0 bridgehead atoms. The van der Waals surface area contributed by atoms with E-state index in [0.29, 0.717) is 17.9 Å². The van der Waals surface area contributed by atoms with Gasteiger partial charge in [-0.25, -0.2) is 0 Å². The van der Waals surface area contributed by atoms with Crippen LogP contribution in [0.25, 0.3) is 0 Å². The molecule has 3 rings (SSSR count). The smallest absolute Gasteiger partial charge is 0.251 e. The molecule has 1 aromatic heterocycles. The molecule has 0 saturated carbocycles. The van der Waals surface area contributed by atoms with E-state index >= 15 is 0 Å². The van der Waals surface area contributed by atoms with Gasteiger partial charge in [-0.15, -0.1) is 0 Å². The van der Waals surface area contributed by atoms with Crippen molar-refractivity contribution in [1.82, 2.24) is 10.5 Å². The van der Waals surface area contributed by atoms with Crippen molar-refractivity contribution in [3.63, 3.8) is 0 Å². The highest BCUT2D eigenvalue weighted by molar-refractivity contribution is 5.94. The summed E-state index contributed by atoms with van der Waals surface area (Å²) in [5.41, 5.74) is 2.39. The molecule has 1 fully saturated rings. The number of carbonyl (C=O) groups excluding carboxylic acids is 1. The lowest BCUT2D eigenvalue weighted by Gasteiger charge is -2.20. The number of aryl methyl sites for hydroxylation is 2. The van der Waals surface area contributed by atoms with E-state index in [-0.39, 0.29) is 18.1 Å². The lowest BCUT2D eigenvalue weighted by molar-refractivity contribution is 0.0712. The zero-order valence-electron chi connectivity index (χ0n) is 14.9. The molecule has 1 aromatic carbocycles. The van der Waals surface area contributed by atoms with Crippen LogP contribution in [0.4, 0.5) is 0 Å². The molecule has 1 amide bonds. The summed E-state index contributed by atoms with van der Waals surface area (Å²) < 4.78 is 16.5. The molecule has 1 aliphatic rings. The number of amides is 1. The molecule has 0 spiro atoms. The Kier molecular flexibility index (Phi) is 5.38. The third-order valence-corrected chi connectivity index (χ3v) is 4.56. The predicted octanol–water partition coefficient (Wildman–Crippen LogP) is 3.17. The van der Waals surface area contributed by atoms with Crippen LogP contribution in [0, 0.1) is 13.8 Å². The Morgan fingerprint density at radius 2 is 2.12 bits per heavy atom. The minimum Gasteiger partial charge on any atom is -0.489 e. The standard InChI is InChI=1S/C19H24N2O4/c1-12-17(14(3)25-21-12)11-24-16-8-6-15(7-9-16)19(22)20-13(2)18-5-4-10-23-18/h6-9,13,18H,4-5,10-11H2,1-3H3,(H,20,22)/t13-,18-/m0/s1. The van der Waals surface area contributed by atoms with E-state index in [4.69, 9.17) is 14.0 Å². The Balaban J connectivity index is 1.55. The third kappa shape index (κ3) is 4.20. The molecule has 6 nitrogen and oxygen atoms in total. The van der Waals surface area contributed by atoms with Crippen molar-refractivity contribution in [3.8, 4) is 5.75 Å².